The van der Waals surface area contributed by atoms with Gasteiger partial charge >= 0.3 is 0 Å². The molecule has 44 heavy (non-hydrogen) atoms. The van der Waals surface area contributed by atoms with Crippen LogP contribution in [0.1, 0.15) is 72.2 Å². The fourth-order valence-corrected chi connectivity index (χ4v) is 9.28. The van der Waals surface area contributed by atoms with E-state index in [0.29, 0.717) is 0 Å². The van der Waals surface area contributed by atoms with Gasteiger partial charge in [-0.15, -0.1) is 0 Å². The van der Waals surface area contributed by atoms with Gasteiger partial charge in [-0.3, -0.25) is 0 Å². The predicted molar refractivity (Wildman–Crippen MR) is 187 cm³/mol. The monoisotopic (exact) mass is 628 g/mol. The first-order valence-electron chi connectivity index (χ1n) is 15.6. The van der Waals surface area contributed by atoms with Gasteiger partial charge in [0.1, 0.15) is 0 Å². The summed E-state index contributed by atoms with van der Waals surface area (Å²) in [5.41, 5.74) is 18.4. The first kappa shape index (κ1) is 26.2. The Morgan fingerprint density at radius 2 is 0.750 bits per heavy atom. The molecule has 0 bridgehead atoms. The predicted octanol–water partition coefficient (Wildman–Crippen LogP) is 11.4. The molecule has 0 N–H and O–H groups in total. The third-order valence-corrected chi connectivity index (χ3v) is 11.5. The van der Waals surface area contributed by atoms with E-state index in [1.807, 2.05) is 0 Å². The highest BCUT2D eigenvalue weighted by Gasteiger charge is 2.48. The second-order valence-corrected chi connectivity index (χ2v) is 14.8. The smallest absolute Gasteiger partial charge is 0.0619 e. The lowest BCUT2D eigenvalue weighted by molar-refractivity contribution is 0.651. The van der Waals surface area contributed by atoms with Crippen molar-refractivity contribution in [3.8, 4) is 33.4 Å². The third-order valence-electron chi connectivity index (χ3n) is 11.0. The Balaban J connectivity index is 1.39. The number of fused-ring (bicyclic) bond motifs is 9. The molecule has 0 atom stereocenters. The Labute approximate surface area is 268 Å². The molecule has 212 valence electrons. The summed E-state index contributed by atoms with van der Waals surface area (Å²) in [6.45, 7) is 9.54. The van der Waals surface area contributed by atoms with E-state index in [1.165, 1.54) is 77.9 Å². The van der Waals surface area contributed by atoms with Crippen LogP contribution in [0.4, 0.5) is 0 Å². The number of benzene rings is 6. The van der Waals surface area contributed by atoms with Gasteiger partial charge in [0.25, 0.3) is 0 Å². The molecule has 1 heteroatoms. The van der Waals surface area contributed by atoms with Crippen molar-refractivity contribution in [1.82, 2.24) is 0 Å². The van der Waals surface area contributed by atoms with E-state index in [1.54, 1.807) is 0 Å². The first-order chi connectivity index (χ1) is 21.2. The Morgan fingerprint density at radius 3 is 1.27 bits per heavy atom. The van der Waals surface area contributed by atoms with E-state index in [2.05, 4.69) is 171 Å². The largest absolute Gasteiger partial charge is 0.0714 e. The number of hydrogen-bond donors (Lipinski definition) is 0. The van der Waals surface area contributed by atoms with Gasteiger partial charge in [0.2, 0.25) is 0 Å². The molecule has 0 saturated heterocycles. The Morgan fingerprint density at radius 1 is 0.364 bits per heavy atom. The quantitative estimate of drug-likeness (QED) is 0.179. The Hall–Kier alpha value is -4.20. The van der Waals surface area contributed by atoms with Crippen LogP contribution in [-0.2, 0) is 16.2 Å². The summed E-state index contributed by atoms with van der Waals surface area (Å²) in [4.78, 5) is 0. The molecule has 0 nitrogen and oxygen atoms in total. The van der Waals surface area contributed by atoms with Crippen LogP contribution >= 0.6 is 15.9 Å². The zero-order valence-electron chi connectivity index (χ0n) is 25.5. The van der Waals surface area contributed by atoms with E-state index in [9.17, 15) is 0 Å². The zero-order chi connectivity index (χ0) is 30.0. The molecule has 9 rings (SSSR count). The van der Waals surface area contributed by atoms with Gasteiger partial charge in [0.15, 0.2) is 0 Å². The molecule has 0 unspecified atom stereocenters. The van der Waals surface area contributed by atoms with Crippen LogP contribution < -0.4 is 0 Å². The molecular weight excluding hydrogens is 596 g/mol. The van der Waals surface area contributed by atoms with E-state index in [4.69, 9.17) is 0 Å². The molecule has 0 fully saturated rings. The molecule has 0 aliphatic heterocycles. The maximum Gasteiger partial charge on any atom is 0.0714 e. The standard InChI is InChI=1S/C43H33Br/c1-41(2)35-14-8-5-11-29(35)32-20-17-26(23-38(32)41)43(37-16-10-7-13-31(37)34-22-19-28(44)25-40(34)43)27-18-21-33-30-12-6-9-15-36(30)42(3,4)39(33)24-27/h5-25H,1-4H3. The molecule has 0 radical (unpaired) electrons. The lowest BCUT2D eigenvalue weighted by atomic mass is 9.65. The molecule has 0 aromatic heterocycles. The highest BCUT2D eigenvalue weighted by atomic mass is 79.9. The van der Waals surface area contributed by atoms with Crippen molar-refractivity contribution in [2.24, 2.45) is 0 Å². The summed E-state index contributed by atoms with van der Waals surface area (Å²) in [7, 11) is 0. The van der Waals surface area contributed by atoms with Crippen LogP contribution in [0.3, 0.4) is 0 Å². The van der Waals surface area contributed by atoms with Gasteiger partial charge in [-0.1, -0.05) is 159 Å². The lowest BCUT2D eigenvalue weighted by Gasteiger charge is -2.36. The van der Waals surface area contributed by atoms with Gasteiger partial charge in [0, 0.05) is 15.3 Å². The summed E-state index contributed by atoms with van der Waals surface area (Å²) in [5.74, 6) is 0. The molecule has 0 spiro atoms. The van der Waals surface area contributed by atoms with Crippen molar-refractivity contribution in [3.05, 3.63) is 176 Å². The molecule has 3 aliphatic carbocycles. The van der Waals surface area contributed by atoms with Crippen molar-refractivity contribution >= 4 is 15.9 Å². The maximum atomic E-state index is 3.88. The lowest BCUT2D eigenvalue weighted by Crippen LogP contribution is -2.30. The maximum absolute atomic E-state index is 3.88. The van der Waals surface area contributed by atoms with Crippen molar-refractivity contribution in [3.63, 3.8) is 0 Å². The highest BCUT2D eigenvalue weighted by Crippen LogP contribution is 2.60. The second-order valence-electron chi connectivity index (χ2n) is 13.8. The fraction of sp³-hybridized carbons (Fsp3) is 0.163. The van der Waals surface area contributed by atoms with Gasteiger partial charge in [-0.25, -0.2) is 0 Å². The van der Waals surface area contributed by atoms with E-state index in [-0.39, 0.29) is 10.8 Å². The number of hydrogen-bond acceptors (Lipinski definition) is 0. The minimum atomic E-state index is -0.463. The van der Waals surface area contributed by atoms with Crippen LogP contribution in [0.5, 0.6) is 0 Å². The summed E-state index contributed by atoms with van der Waals surface area (Å²) >= 11 is 3.88. The molecule has 0 saturated carbocycles. The first-order valence-corrected chi connectivity index (χ1v) is 16.4. The summed E-state index contributed by atoms with van der Waals surface area (Å²) in [5, 5.41) is 0. The topological polar surface area (TPSA) is 0 Å². The normalized spacial score (nSPS) is 16.8. The second kappa shape index (κ2) is 8.71. The number of halogens is 1. The van der Waals surface area contributed by atoms with Crippen molar-refractivity contribution in [1.29, 1.82) is 0 Å². The minimum absolute atomic E-state index is 0.0804. The van der Waals surface area contributed by atoms with Crippen LogP contribution in [0, 0.1) is 0 Å². The molecular formula is C43H33Br. The minimum Gasteiger partial charge on any atom is -0.0619 e. The fourth-order valence-electron chi connectivity index (χ4n) is 8.92. The zero-order valence-corrected chi connectivity index (χ0v) is 27.1. The molecule has 6 aromatic carbocycles. The van der Waals surface area contributed by atoms with Crippen LogP contribution in [0.25, 0.3) is 33.4 Å². The van der Waals surface area contributed by atoms with E-state index < -0.39 is 5.41 Å². The van der Waals surface area contributed by atoms with Crippen LogP contribution in [0.2, 0.25) is 0 Å². The summed E-state index contributed by atoms with van der Waals surface area (Å²) < 4.78 is 1.11. The molecule has 3 aliphatic rings. The SMILES string of the molecule is CC1(C)c2ccccc2-c2ccc(C3(c4ccc5c(c4)C(C)(C)c4ccccc4-5)c4ccccc4-c4ccc(Br)cc43)cc21. The highest BCUT2D eigenvalue weighted by molar-refractivity contribution is 9.10. The molecule has 0 amide bonds. The Kier molecular flexibility index (Phi) is 5.19. The van der Waals surface area contributed by atoms with Gasteiger partial charge in [-0.2, -0.15) is 0 Å². The van der Waals surface area contributed by atoms with Crippen LogP contribution in [-0.4, -0.2) is 0 Å². The van der Waals surface area contributed by atoms with Crippen LogP contribution in [0.15, 0.2) is 132 Å². The van der Waals surface area contributed by atoms with E-state index in [0.717, 1.165) is 4.47 Å². The summed E-state index contributed by atoms with van der Waals surface area (Å²) in [6.07, 6.45) is 0. The van der Waals surface area contributed by atoms with Gasteiger partial charge in [0.05, 0.1) is 5.41 Å². The summed E-state index contributed by atoms with van der Waals surface area (Å²) in [6, 6.07) is 48.5. The average Bonchev–Trinajstić information content (AvgIpc) is 3.56. The number of rotatable bonds is 2. The third kappa shape index (κ3) is 3.13. The molecule has 6 aromatic rings. The van der Waals surface area contributed by atoms with Gasteiger partial charge < -0.3 is 0 Å². The Bertz CT molecular complexity index is 2090. The van der Waals surface area contributed by atoms with Gasteiger partial charge in [-0.05, 0) is 90.0 Å². The van der Waals surface area contributed by atoms with Crippen molar-refractivity contribution in [2.75, 3.05) is 0 Å². The molecule has 0 heterocycles. The van der Waals surface area contributed by atoms with Crippen molar-refractivity contribution in [2.45, 2.75) is 43.9 Å². The van der Waals surface area contributed by atoms with E-state index >= 15 is 0 Å². The average molecular weight is 630 g/mol. The van der Waals surface area contributed by atoms with Crippen molar-refractivity contribution < 1.29 is 0 Å².